The monoisotopic (exact) mass is 443 g/mol. The highest BCUT2D eigenvalue weighted by Gasteiger charge is 2.29. The molecule has 12 nitrogen and oxygen atoms in total. The first-order valence-corrected chi connectivity index (χ1v) is 10.9. The number of anilines is 1. The summed E-state index contributed by atoms with van der Waals surface area (Å²) in [4.78, 5) is 6.98. The van der Waals surface area contributed by atoms with Gasteiger partial charge in [0.15, 0.2) is 5.95 Å². The molecule has 0 spiro atoms. The molecule has 0 saturated heterocycles. The highest BCUT2D eigenvalue weighted by atomic mass is 32.2. The van der Waals surface area contributed by atoms with Crippen LogP contribution in [0.1, 0.15) is 24.5 Å². The predicted molar refractivity (Wildman–Crippen MR) is 114 cm³/mol. The number of aliphatic hydroxyl groups excluding tert-OH is 1. The summed E-state index contributed by atoms with van der Waals surface area (Å²) in [7, 11) is -4.30. The number of aromatic nitrogens is 6. The van der Waals surface area contributed by atoms with Gasteiger partial charge in [-0.25, -0.2) is 18.5 Å². The Balaban J connectivity index is 2.07. The Bertz CT molecular complexity index is 1330. The fourth-order valence-electron chi connectivity index (χ4n) is 3.62. The predicted octanol–water partition coefficient (Wildman–Crippen LogP) is 0.412. The number of nitrogens with two attached hydrogens (primary N) is 3. The Kier molecular flexibility index (Phi) is 5.41. The number of nitrogen functional groups attached to an aromatic ring is 1. The summed E-state index contributed by atoms with van der Waals surface area (Å²) in [5.74, 6) is 0.219. The minimum Gasteiger partial charge on any atom is -0.388 e. The molecule has 2 aromatic heterocycles. The van der Waals surface area contributed by atoms with Crippen molar-refractivity contribution in [3.63, 3.8) is 0 Å². The first-order valence-electron chi connectivity index (χ1n) is 9.37. The van der Waals surface area contributed by atoms with Gasteiger partial charge in [0, 0.05) is 11.1 Å². The number of aliphatic hydroxyl groups is 1. The van der Waals surface area contributed by atoms with E-state index in [2.05, 4.69) is 30.6 Å². The molecule has 4 rings (SSSR count). The molecule has 1 unspecified atom stereocenters. The van der Waals surface area contributed by atoms with Gasteiger partial charge in [0.25, 0.3) is 0 Å². The number of imidazole rings is 1. The van der Waals surface area contributed by atoms with Crippen LogP contribution in [0.4, 0.5) is 5.95 Å². The summed E-state index contributed by atoms with van der Waals surface area (Å²) in [5.41, 5.74) is 13.8. The third-order valence-corrected chi connectivity index (χ3v) is 5.91. The lowest BCUT2D eigenvalue weighted by molar-refractivity contribution is 0.162. The number of nitrogens with zero attached hydrogens (tertiary/aromatic N) is 4. The minimum absolute atomic E-state index is 0.00686. The number of primary sulfonamides is 1. The Hall–Kier alpha value is -3.39. The van der Waals surface area contributed by atoms with Crippen molar-refractivity contribution < 1.29 is 13.5 Å². The standard InChI is InChI=1S/C18H21N9O3S/c19-8-2-5-13(28)11-7-6-9(10-3-1-4-12-15(10)23-18(20)22-12)14(16(11)31(21,29)30)17-24-26-27-25-17/h1,3-4,6-7,13,28H,2,5,8,19H2,(H3,20,22,23)(H2,21,29,30)(H,24,25,26,27). The molecule has 4 aromatic rings. The number of benzene rings is 2. The highest BCUT2D eigenvalue weighted by molar-refractivity contribution is 7.89. The van der Waals surface area contributed by atoms with E-state index in [-0.39, 0.29) is 34.2 Å². The van der Waals surface area contributed by atoms with Crippen molar-refractivity contribution in [1.82, 2.24) is 30.6 Å². The smallest absolute Gasteiger partial charge is 0.239 e. The molecule has 9 N–H and O–H groups in total. The second kappa shape index (κ2) is 8.03. The van der Waals surface area contributed by atoms with Gasteiger partial charge in [0.2, 0.25) is 15.8 Å². The first kappa shape index (κ1) is 20.9. The summed E-state index contributed by atoms with van der Waals surface area (Å²) < 4.78 is 25.4. The van der Waals surface area contributed by atoms with E-state index in [0.717, 1.165) is 0 Å². The second-order valence-electron chi connectivity index (χ2n) is 6.96. The van der Waals surface area contributed by atoms with Gasteiger partial charge in [-0.2, -0.15) is 5.21 Å². The van der Waals surface area contributed by atoms with Gasteiger partial charge in [0.05, 0.1) is 27.6 Å². The maximum absolute atomic E-state index is 12.7. The van der Waals surface area contributed by atoms with Crippen molar-refractivity contribution in [3.8, 4) is 22.5 Å². The number of nitrogens with one attached hydrogen (secondary N) is 2. The van der Waals surface area contributed by atoms with E-state index < -0.39 is 16.1 Å². The molecule has 2 aromatic carbocycles. The van der Waals surface area contributed by atoms with Crippen molar-refractivity contribution in [2.24, 2.45) is 10.9 Å². The van der Waals surface area contributed by atoms with Crippen molar-refractivity contribution >= 4 is 27.0 Å². The number of H-pyrrole nitrogens is 2. The Morgan fingerprint density at radius 3 is 2.65 bits per heavy atom. The van der Waals surface area contributed by atoms with E-state index in [1.807, 2.05) is 0 Å². The minimum atomic E-state index is -4.30. The van der Waals surface area contributed by atoms with E-state index in [9.17, 15) is 13.5 Å². The molecule has 0 radical (unpaired) electrons. The zero-order chi connectivity index (χ0) is 22.2. The van der Waals surface area contributed by atoms with Gasteiger partial charge in [-0.15, -0.1) is 10.2 Å². The van der Waals surface area contributed by atoms with Gasteiger partial charge in [-0.05, 0) is 36.2 Å². The molecule has 162 valence electrons. The third-order valence-electron chi connectivity index (χ3n) is 4.90. The van der Waals surface area contributed by atoms with Crippen molar-refractivity contribution in [2.75, 3.05) is 12.3 Å². The van der Waals surface area contributed by atoms with E-state index in [0.29, 0.717) is 35.1 Å². The van der Waals surface area contributed by atoms with Crippen LogP contribution in [0.5, 0.6) is 0 Å². The SMILES string of the molecule is NCCCC(O)c1ccc(-c2cccc3[nH]c(N)nc23)c(-c2nn[nH]n2)c1S(N)(=O)=O. The molecular weight excluding hydrogens is 422 g/mol. The molecule has 0 amide bonds. The molecule has 0 aliphatic rings. The maximum atomic E-state index is 12.7. The summed E-state index contributed by atoms with van der Waals surface area (Å²) >= 11 is 0. The lowest BCUT2D eigenvalue weighted by atomic mass is 9.93. The molecule has 1 atom stereocenters. The third kappa shape index (κ3) is 3.86. The lowest BCUT2D eigenvalue weighted by Crippen LogP contribution is -2.19. The molecule has 0 bridgehead atoms. The van der Waals surface area contributed by atoms with Crippen LogP contribution >= 0.6 is 0 Å². The molecule has 0 aliphatic carbocycles. The van der Waals surface area contributed by atoms with Crippen LogP contribution in [0.25, 0.3) is 33.5 Å². The second-order valence-corrected chi connectivity index (χ2v) is 8.46. The Labute approximate surface area is 176 Å². The average molecular weight is 443 g/mol. The van der Waals surface area contributed by atoms with Crippen LogP contribution in [-0.4, -0.2) is 50.7 Å². The van der Waals surface area contributed by atoms with Crippen LogP contribution in [0.2, 0.25) is 0 Å². The van der Waals surface area contributed by atoms with Gasteiger partial charge >= 0.3 is 0 Å². The van der Waals surface area contributed by atoms with E-state index in [1.54, 1.807) is 24.3 Å². The molecule has 13 heteroatoms. The van der Waals surface area contributed by atoms with E-state index in [1.165, 1.54) is 6.07 Å². The topological polar surface area (TPSA) is 216 Å². The molecule has 2 heterocycles. The van der Waals surface area contributed by atoms with Crippen LogP contribution in [0.3, 0.4) is 0 Å². The van der Waals surface area contributed by atoms with Crippen LogP contribution in [0, 0.1) is 0 Å². The number of hydrogen-bond acceptors (Lipinski definition) is 9. The summed E-state index contributed by atoms with van der Waals surface area (Å²) in [5, 5.41) is 30.1. The number of fused-ring (bicyclic) bond motifs is 1. The molecule has 0 saturated carbocycles. The van der Waals surface area contributed by atoms with Crippen LogP contribution < -0.4 is 16.6 Å². The fourth-order valence-corrected chi connectivity index (χ4v) is 4.64. The number of para-hydroxylation sites is 1. The Morgan fingerprint density at radius 1 is 1.16 bits per heavy atom. The van der Waals surface area contributed by atoms with E-state index in [4.69, 9.17) is 16.6 Å². The zero-order valence-corrected chi connectivity index (χ0v) is 17.1. The normalized spacial score (nSPS) is 13.0. The quantitative estimate of drug-likeness (QED) is 0.233. The maximum Gasteiger partial charge on any atom is 0.239 e. The Morgan fingerprint density at radius 2 is 1.97 bits per heavy atom. The first-order chi connectivity index (χ1) is 14.8. The molecule has 0 aliphatic heterocycles. The zero-order valence-electron chi connectivity index (χ0n) is 16.3. The fraction of sp³-hybridized carbons (Fsp3) is 0.222. The van der Waals surface area contributed by atoms with Gasteiger partial charge in [-0.3, -0.25) is 0 Å². The number of sulfonamides is 1. The molecule has 31 heavy (non-hydrogen) atoms. The van der Waals surface area contributed by atoms with Gasteiger partial charge < -0.3 is 21.6 Å². The van der Waals surface area contributed by atoms with Crippen LogP contribution in [0.15, 0.2) is 35.2 Å². The number of tetrazole rings is 1. The number of hydrogen-bond donors (Lipinski definition) is 6. The van der Waals surface area contributed by atoms with Crippen LogP contribution in [-0.2, 0) is 10.0 Å². The average Bonchev–Trinajstić information content (AvgIpc) is 3.38. The van der Waals surface area contributed by atoms with Gasteiger partial charge in [0.1, 0.15) is 0 Å². The van der Waals surface area contributed by atoms with Crippen molar-refractivity contribution in [3.05, 3.63) is 35.9 Å². The summed E-state index contributed by atoms with van der Waals surface area (Å²) in [6.45, 7) is 0.347. The summed E-state index contributed by atoms with van der Waals surface area (Å²) in [6, 6.07) is 8.52. The number of rotatable bonds is 7. The van der Waals surface area contributed by atoms with Gasteiger partial charge in [-0.1, -0.05) is 24.3 Å². The number of aromatic amines is 2. The molecular formula is C18H21N9O3S. The highest BCUT2D eigenvalue weighted by Crippen LogP contribution is 2.41. The summed E-state index contributed by atoms with van der Waals surface area (Å²) in [6.07, 6.45) is -0.347. The van der Waals surface area contributed by atoms with Crippen molar-refractivity contribution in [1.29, 1.82) is 0 Å². The molecule has 0 fully saturated rings. The lowest BCUT2D eigenvalue weighted by Gasteiger charge is -2.19. The van der Waals surface area contributed by atoms with E-state index >= 15 is 0 Å². The van der Waals surface area contributed by atoms with Crippen molar-refractivity contribution in [2.45, 2.75) is 23.8 Å². The largest absolute Gasteiger partial charge is 0.388 e.